The number of ether oxygens (including phenoxy) is 6. The molecular formula is C28H35N3O11. The summed E-state index contributed by atoms with van der Waals surface area (Å²) < 4.78 is 34.8. The number of aromatic amines is 1. The fraction of sp³-hybridized carbons (Fsp3) is 0.536. The molecule has 1 aromatic carbocycles. The van der Waals surface area contributed by atoms with Crippen LogP contribution in [0.5, 0.6) is 0 Å². The number of rotatable bonds is 10. The van der Waals surface area contributed by atoms with Gasteiger partial charge in [-0.3, -0.25) is 14.3 Å². The number of carbonyl (C=O) groups is 3. The van der Waals surface area contributed by atoms with E-state index in [1.165, 1.54) is 23.8 Å². The van der Waals surface area contributed by atoms with Gasteiger partial charge >= 0.3 is 23.7 Å². The minimum atomic E-state index is -1.31. The van der Waals surface area contributed by atoms with Crippen LogP contribution in [-0.4, -0.2) is 70.4 Å². The number of nitrogens with zero attached hydrogens (tertiary/aromatic N) is 1. The summed E-state index contributed by atoms with van der Waals surface area (Å²) in [5.41, 5.74) is -0.488. The van der Waals surface area contributed by atoms with E-state index in [0.29, 0.717) is 0 Å². The highest BCUT2D eigenvalue weighted by Gasteiger charge is 2.56. The van der Waals surface area contributed by atoms with Crippen molar-refractivity contribution in [3.05, 3.63) is 69.0 Å². The van der Waals surface area contributed by atoms with Crippen LogP contribution in [0.2, 0.25) is 0 Å². The zero-order valence-electron chi connectivity index (χ0n) is 23.9. The summed E-state index contributed by atoms with van der Waals surface area (Å²) in [5, 5.41) is 2.48. The number of nitrogens with one attached hydrogen (secondary N) is 2. The van der Waals surface area contributed by atoms with Crippen LogP contribution in [-0.2, 0) is 44.6 Å². The largest absolute Gasteiger partial charge is 0.460 e. The van der Waals surface area contributed by atoms with Gasteiger partial charge in [0, 0.05) is 12.3 Å². The number of hydrogen-bond acceptors (Lipinski definition) is 11. The molecule has 0 radical (unpaired) electrons. The fourth-order valence-electron chi connectivity index (χ4n) is 4.61. The van der Waals surface area contributed by atoms with Crippen LogP contribution in [0.15, 0.2) is 52.2 Å². The molecule has 0 saturated carbocycles. The van der Waals surface area contributed by atoms with Crippen molar-refractivity contribution in [3.8, 4) is 0 Å². The van der Waals surface area contributed by atoms with Gasteiger partial charge < -0.3 is 33.7 Å². The summed E-state index contributed by atoms with van der Waals surface area (Å²) in [6.45, 7) is 7.85. The van der Waals surface area contributed by atoms with Crippen LogP contribution in [0.25, 0.3) is 0 Å². The highest BCUT2D eigenvalue weighted by molar-refractivity contribution is 5.84. The van der Waals surface area contributed by atoms with Crippen molar-refractivity contribution in [3.63, 3.8) is 0 Å². The second-order valence-electron chi connectivity index (χ2n) is 10.8. The van der Waals surface area contributed by atoms with Crippen molar-refractivity contribution in [2.75, 3.05) is 6.61 Å². The summed E-state index contributed by atoms with van der Waals surface area (Å²) in [6, 6.07) is 9.14. The van der Waals surface area contributed by atoms with Crippen molar-refractivity contribution >= 4 is 18.0 Å². The number of hydrogen-bond donors (Lipinski definition) is 2. The second kappa shape index (κ2) is 12.9. The molecular weight excluding hydrogens is 554 g/mol. The first kappa shape index (κ1) is 30.9. The monoisotopic (exact) mass is 589 g/mol. The lowest BCUT2D eigenvalue weighted by Crippen LogP contribution is -2.47. The number of alkyl carbamates (subject to hydrolysis) is 1. The Bertz CT molecular complexity index is 1390. The summed E-state index contributed by atoms with van der Waals surface area (Å²) in [4.78, 5) is 63.9. The molecule has 0 unspecified atom stereocenters. The molecule has 3 heterocycles. The lowest BCUT2D eigenvalue weighted by molar-refractivity contribution is -0.204. The average molecular weight is 590 g/mol. The van der Waals surface area contributed by atoms with E-state index >= 15 is 0 Å². The van der Waals surface area contributed by atoms with Crippen LogP contribution in [0.3, 0.4) is 0 Å². The highest BCUT2D eigenvalue weighted by Crippen LogP contribution is 2.42. The summed E-state index contributed by atoms with van der Waals surface area (Å²) in [7, 11) is 0. The van der Waals surface area contributed by atoms with Crippen molar-refractivity contribution in [2.24, 2.45) is 5.92 Å². The van der Waals surface area contributed by atoms with Crippen LogP contribution in [0.1, 0.15) is 46.4 Å². The Morgan fingerprint density at radius 1 is 1.00 bits per heavy atom. The van der Waals surface area contributed by atoms with E-state index in [1.54, 1.807) is 39.8 Å². The molecule has 0 spiro atoms. The Labute approximate surface area is 241 Å². The molecule has 2 aliphatic heterocycles. The first-order valence-corrected chi connectivity index (χ1v) is 13.5. The number of benzene rings is 1. The van der Waals surface area contributed by atoms with E-state index in [4.69, 9.17) is 28.4 Å². The number of esters is 2. The van der Waals surface area contributed by atoms with Crippen molar-refractivity contribution in [1.82, 2.24) is 14.9 Å². The molecule has 2 fully saturated rings. The molecule has 14 nitrogen and oxygen atoms in total. The Kier molecular flexibility index (Phi) is 9.49. The van der Waals surface area contributed by atoms with E-state index in [9.17, 15) is 24.0 Å². The summed E-state index contributed by atoms with van der Waals surface area (Å²) >= 11 is 0. The zero-order valence-corrected chi connectivity index (χ0v) is 23.9. The third-order valence-corrected chi connectivity index (χ3v) is 6.67. The van der Waals surface area contributed by atoms with Gasteiger partial charge in [-0.2, -0.15) is 0 Å². The lowest BCUT2D eigenvalue weighted by atomic mass is 10.1. The van der Waals surface area contributed by atoms with E-state index < -0.39 is 71.8 Å². The molecule has 0 bridgehead atoms. The molecule has 6 atom stereocenters. The Morgan fingerprint density at radius 2 is 1.69 bits per heavy atom. The zero-order chi connectivity index (χ0) is 30.6. The fourth-order valence-corrected chi connectivity index (χ4v) is 4.61. The second-order valence-corrected chi connectivity index (χ2v) is 10.8. The number of H-pyrrole nitrogens is 1. The number of fused-ring (bicyclic) bond motifs is 1. The quantitative estimate of drug-likeness (QED) is 0.303. The SMILES string of the molecule is CC(C)[C@H](NC(=O)OCc1ccccc1)C(=O)O[C@@H](C)C(=O)OC[C@H]1O[C@@H](n2ccc(=O)[nH]c2=O)[C@@H]2OC(C)(C)O[C@@H]21. The molecule has 228 valence electrons. The number of aromatic nitrogens is 2. The average Bonchev–Trinajstić information content (AvgIpc) is 3.42. The molecule has 1 amide bonds. The number of amides is 1. The summed E-state index contributed by atoms with van der Waals surface area (Å²) in [6.07, 6.45) is -4.07. The van der Waals surface area contributed by atoms with Gasteiger partial charge in [0.2, 0.25) is 0 Å². The Balaban J connectivity index is 1.32. The van der Waals surface area contributed by atoms with Gasteiger partial charge in [-0.25, -0.2) is 19.2 Å². The van der Waals surface area contributed by atoms with E-state index in [-0.39, 0.29) is 19.1 Å². The van der Waals surface area contributed by atoms with Gasteiger partial charge in [-0.05, 0) is 32.3 Å². The third kappa shape index (κ3) is 7.43. The predicted octanol–water partition coefficient (Wildman–Crippen LogP) is 1.38. The first-order chi connectivity index (χ1) is 19.8. The summed E-state index contributed by atoms with van der Waals surface area (Å²) in [5.74, 6) is -3.07. The highest BCUT2D eigenvalue weighted by atomic mass is 16.8. The molecule has 2 aliphatic rings. The maximum Gasteiger partial charge on any atom is 0.408 e. The van der Waals surface area contributed by atoms with E-state index in [0.717, 1.165) is 5.56 Å². The Morgan fingerprint density at radius 3 is 2.36 bits per heavy atom. The molecule has 2 saturated heterocycles. The topological polar surface area (TPSA) is 173 Å². The van der Waals surface area contributed by atoms with Crippen molar-refractivity contribution < 1.29 is 42.8 Å². The standard InChI is InChI=1S/C28H35N3O11/c1-15(2)20(30-27(36)38-13-17-9-7-6-8-10-17)25(34)39-16(3)24(33)37-14-18-21-22(42-28(4,5)41-21)23(40-18)31-12-11-19(32)29-26(31)35/h6-12,15-16,18,20-23H,13-14H2,1-5H3,(H,30,36)(H,29,32,35)/t16-,18+,20-,21+,22+,23+/m0/s1. The minimum absolute atomic E-state index is 0.0178. The van der Waals surface area contributed by atoms with Crippen molar-refractivity contribution in [1.29, 1.82) is 0 Å². The lowest BCUT2D eigenvalue weighted by Gasteiger charge is -2.25. The van der Waals surface area contributed by atoms with Crippen LogP contribution >= 0.6 is 0 Å². The molecule has 42 heavy (non-hydrogen) atoms. The molecule has 2 aromatic rings. The van der Waals surface area contributed by atoms with Crippen LogP contribution in [0, 0.1) is 5.92 Å². The van der Waals surface area contributed by atoms with Gasteiger partial charge in [0.25, 0.3) is 5.56 Å². The van der Waals surface area contributed by atoms with Gasteiger partial charge in [-0.1, -0.05) is 44.2 Å². The van der Waals surface area contributed by atoms with Gasteiger partial charge in [0.05, 0.1) is 0 Å². The molecule has 0 aliphatic carbocycles. The van der Waals surface area contributed by atoms with Crippen LogP contribution in [0.4, 0.5) is 4.79 Å². The molecule has 1 aromatic heterocycles. The predicted molar refractivity (Wildman–Crippen MR) is 144 cm³/mol. The Hall–Kier alpha value is -4.01. The van der Waals surface area contributed by atoms with Gasteiger partial charge in [-0.15, -0.1) is 0 Å². The first-order valence-electron chi connectivity index (χ1n) is 13.5. The van der Waals surface area contributed by atoms with Crippen molar-refractivity contribution in [2.45, 2.75) is 83.7 Å². The number of carbonyl (C=O) groups excluding carboxylic acids is 3. The smallest absolute Gasteiger partial charge is 0.408 e. The van der Waals surface area contributed by atoms with Crippen LogP contribution < -0.4 is 16.6 Å². The maximum atomic E-state index is 12.8. The molecule has 4 rings (SSSR count). The normalized spacial score (nSPS) is 24.0. The van der Waals surface area contributed by atoms with E-state index in [2.05, 4.69) is 10.3 Å². The van der Waals surface area contributed by atoms with E-state index in [1.807, 2.05) is 18.2 Å². The molecule has 2 N–H and O–H groups in total. The maximum absolute atomic E-state index is 12.8. The minimum Gasteiger partial charge on any atom is -0.460 e. The molecule has 14 heteroatoms. The third-order valence-electron chi connectivity index (χ3n) is 6.67. The van der Waals surface area contributed by atoms with Gasteiger partial charge in [0.15, 0.2) is 18.1 Å². The van der Waals surface area contributed by atoms with Gasteiger partial charge in [0.1, 0.15) is 37.6 Å².